The summed E-state index contributed by atoms with van der Waals surface area (Å²) in [6, 6.07) is 0.0975. The van der Waals surface area contributed by atoms with Crippen molar-refractivity contribution in [3.05, 3.63) is 0 Å². The zero-order valence-electron chi connectivity index (χ0n) is 13.1. The Kier molecular flexibility index (Phi) is 5.62. The summed E-state index contributed by atoms with van der Waals surface area (Å²) in [5, 5.41) is 0. The maximum Gasteiger partial charge on any atom is 0.223 e. The van der Waals surface area contributed by atoms with Crippen LogP contribution in [-0.2, 0) is 14.6 Å². The molecule has 2 aliphatic rings. The molecule has 0 saturated carbocycles. The fourth-order valence-corrected chi connectivity index (χ4v) is 4.88. The van der Waals surface area contributed by atoms with Crippen molar-refractivity contribution in [1.29, 1.82) is 0 Å². The van der Waals surface area contributed by atoms with Gasteiger partial charge in [0.2, 0.25) is 5.91 Å². The number of amides is 1. The number of sulfone groups is 1. The Hall–Kier alpha value is -0.660. The quantitative estimate of drug-likeness (QED) is 0.694. The maximum absolute atomic E-state index is 12.2. The SMILES string of the molecule is CCN(CCC(=O)N1CCN(C)CC1)C1CCS(=O)(=O)C1. The summed E-state index contributed by atoms with van der Waals surface area (Å²) in [5.41, 5.74) is 0. The number of carbonyl (C=O) groups excluding carboxylic acids is 1. The van der Waals surface area contributed by atoms with Crippen LogP contribution in [0.25, 0.3) is 0 Å². The van der Waals surface area contributed by atoms with Gasteiger partial charge in [0, 0.05) is 45.2 Å². The molecule has 0 radical (unpaired) electrons. The Labute approximate surface area is 128 Å². The predicted molar refractivity (Wildman–Crippen MR) is 83.0 cm³/mol. The van der Waals surface area contributed by atoms with Crippen LogP contribution < -0.4 is 0 Å². The molecule has 0 spiro atoms. The topological polar surface area (TPSA) is 60.9 Å². The number of rotatable bonds is 5. The van der Waals surface area contributed by atoms with Crippen LogP contribution in [0.4, 0.5) is 0 Å². The zero-order valence-corrected chi connectivity index (χ0v) is 13.9. The standard InChI is InChI=1S/C14H27N3O3S/c1-3-16(13-5-11-21(19,20)12-13)6-4-14(18)17-9-7-15(2)8-10-17/h13H,3-12H2,1-2H3. The van der Waals surface area contributed by atoms with Gasteiger partial charge in [0.15, 0.2) is 9.84 Å². The van der Waals surface area contributed by atoms with Crippen LogP contribution in [0, 0.1) is 0 Å². The second-order valence-electron chi connectivity index (χ2n) is 6.12. The molecule has 0 aromatic rings. The van der Waals surface area contributed by atoms with Crippen LogP contribution in [0.2, 0.25) is 0 Å². The van der Waals surface area contributed by atoms with Crippen molar-refractivity contribution in [1.82, 2.24) is 14.7 Å². The van der Waals surface area contributed by atoms with E-state index >= 15 is 0 Å². The van der Waals surface area contributed by atoms with Crippen LogP contribution >= 0.6 is 0 Å². The molecule has 0 aliphatic carbocycles. The van der Waals surface area contributed by atoms with Crippen molar-refractivity contribution in [2.24, 2.45) is 0 Å². The third kappa shape index (κ3) is 4.66. The first kappa shape index (κ1) is 16.7. The summed E-state index contributed by atoms with van der Waals surface area (Å²) < 4.78 is 23.1. The van der Waals surface area contributed by atoms with E-state index < -0.39 is 9.84 Å². The summed E-state index contributed by atoms with van der Waals surface area (Å²) in [7, 11) is -0.788. The highest BCUT2D eigenvalue weighted by Gasteiger charge is 2.31. The minimum atomic E-state index is -2.86. The summed E-state index contributed by atoms with van der Waals surface area (Å²) >= 11 is 0. The van der Waals surface area contributed by atoms with Crippen LogP contribution in [0.1, 0.15) is 19.8 Å². The molecule has 0 bridgehead atoms. The van der Waals surface area contributed by atoms with Crippen LogP contribution in [0.15, 0.2) is 0 Å². The Morgan fingerprint density at radius 1 is 1.24 bits per heavy atom. The highest BCUT2D eigenvalue weighted by atomic mass is 32.2. The van der Waals surface area contributed by atoms with Crippen molar-refractivity contribution in [2.45, 2.75) is 25.8 Å². The molecule has 7 heteroatoms. The fourth-order valence-electron chi connectivity index (χ4n) is 3.12. The lowest BCUT2D eigenvalue weighted by Crippen LogP contribution is -2.48. The molecule has 2 aliphatic heterocycles. The van der Waals surface area contributed by atoms with E-state index in [0.29, 0.717) is 25.1 Å². The summed E-state index contributed by atoms with van der Waals surface area (Å²) in [6.45, 7) is 6.98. The summed E-state index contributed by atoms with van der Waals surface area (Å²) in [4.78, 5) is 18.5. The van der Waals surface area contributed by atoms with E-state index in [-0.39, 0.29) is 17.7 Å². The van der Waals surface area contributed by atoms with Gasteiger partial charge >= 0.3 is 0 Å². The van der Waals surface area contributed by atoms with E-state index in [2.05, 4.69) is 16.8 Å². The number of carbonyl (C=O) groups is 1. The molecule has 21 heavy (non-hydrogen) atoms. The Morgan fingerprint density at radius 3 is 2.43 bits per heavy atom. The van der Waals surface area contributed by atoms with Gasteiger partial charge in [-0.1, -0.05) is 6.92 Å². The van der Waals surface area contributed by atoms with Gasteiger partial charge < -0.3 is 9.80 Å². The average molecular weight is 317 g/mol. The highest BCUT2D eigenvalue weighted by molar-refractivity contribution is 7.91. The Balaban J connectivity index is 1.79. The molecule has 2 heterocycles. The lowest BCUT2D eigenvalue weighted by atomic mass is 10.2. The fraction of sp³-hybridized carbons (Fsp3) is 0.929. The van der Waals surface area contributed by atoms with E-state index in [9.17, 15) is 13.2 Å². The number of hydrogen-bond donors (Lipinski definition) is 0. The second-order valence-corrected chi connectivity index (χ2v) is 8.35. The molecule has 122 valence electrons. The third-order valence-corrected chi connectivity index (χ3v) is 6.35. The molecule has 0 N–H and O–H groups in total. The molecule has 1 atom stereocenters. The Morgan fingerprint density at radius 2 is 1.90 bits per heavy atom. The maximum atomic E-state index is 12.2. The van der Waals surface area contributed by atoms with Crippen LogP contribution in [0.5, 0.6) is 0 Å². The van der Waals surface area contributed by atoms with Crippen molar-refractivity contribution in [3.8, 4) is 0 Å². The second kappa shape index (κ2) is 7.07. The molecule has 6 nitrogen and oxygen atoms in total. The van der Waals surface area contributed by atoms with Gasteiger partial charge in [0.1, 0.15) is 0 Å². The van der Waals surface area contributed by atoms with Crippen LogP contribution in [-0.4, -0.2) is 92.9 Å². The first-order valence-corrected chi connectivity index (χ1v) is 9.64. The normalized spacial score (nSPS) is 26.4. The van der Waals surface area contributed by atoms with Gasteiger partial charge in [0.05, 0.1) is 11.5 Å². The minimum Gasteiger partial charge on any atom is -0.340 e. The monoisotopic (exact) mass is 317 g/mol. The highest BCUT2D eigenvalue weighted by Crippen LogP contribution is 2.18. The molecule has 0 aromatic carbocycles. The average Bonchev–Trinajstić information content (AvgIpc) is 2.80. The van der Waals surface area contributed by atoms with Gasteiger partial charge in [-0.05, 0) is 20.0 Å². The number of piperazine rings is 1. The van der Waals surface area contributed by atoms with E-state index in [0.717, 1.165) is 32.7 Å². The largest absolute Gasteiger partial charge is 0.340 e. The molecule has 2 rings (SSSR count). The molecular formula is C14H27N3O3S. The molecule has 1 unspecified atom stereocenters. The van der Waals surface area contributed by atoms with Gasteiger partial charge in [-0.15, -0.1) is 0 Å². The van der Waals surface area contributed by atoms with E-state index in [4.69, 9.17) is 0 Å². The summed E-state index contributed by atoms with van der Waals surface area (Å²) in [5.74, 6) is 0.742. The molecule has 2 fully saturated rings. The number of nitrogens with zero attached hydrogens (tertiary/aromatic N) is 3. The van der Waals surface area contributed by atoms with Crippen LogP contribution in [0.3, 0.4) is 0 Å². The first-order chi connectivity index (χ1) is 9.91. The predicted octanol–water partition coefficient (Wildman–Crippen LogP) is -0.340. The van der Waals surface area contributed by atoms with Crippen molar-refractivity contribution >= 4 is 15.7 Å². The van der Waals surface area contributed by atoms with E-state index in [1.165, 1.54) is 0 Å². The lowest BCUT2D eigenvalue weighted by Gasteiger charge is -2.33. The third-order valence-electron chi connectivity index (χ3n) is 4.60. The number of hydrogen-bond acceptors (Lipinski definition) is 5. The summed E-state index contributed by atoms with van der Waals surface area (Å²) in [6.07, 6.45) is 1.20. The minimum absolute atomic E-state index is 0.0975. The van der Waals surface area contributed by atoms with Crippen molar-refractivity contribution < 1.29 is 13.2 Å². The zero-order chi connectivity index (χ0) is 15.5. The lowest BCUT2D eigenvalue weighted by molar-refractivity contribution is -0.133. The van der Waals surface area contributed by atoms with Crippen molar-refractivity contribution in [3.63, 3.8) is 0 Å². The smallest absolute Gasteiger partial charge is 0.223 e. The van der Waals surface area contributed by atoms with Gasteiger partial charge in [0.25, 0.3) is 0 Å². The molecule has 1 amide bonds. The Bertz CT molecular complexity index is 458. The molecule has 2 saturated heterocycles. The first-order valence-electron chi connectivity index (χ1n) is 7.82. The van der Waals surface area contributed by atoms with Gasteiger partial charge in [-0.25, -0.2) is 8.42 Å². The van der Waals surface area contributed by atoms with E-state index in [1.807, 2.05) is 11.8 Å². The number of likely N-dealkylation sites (N-methyl/N-ethyl adjacent to an activating group) is 1. The molecule has 0 aromatic heterocycles. The molecular weight excluding hydrogens is 290 g/mol. The van der Waals surface area contributed by atoms with E-state index in [1.54, 1.807) is 0 Å². The van der Waals surface area contributed by atoms with Gasteiger partial charge in [-0.2, -0.15) is 0 Å². The van der Waals surface area contributed by atoms with Gasteiger partial charge in [-0.3, -0.25) is 9.69 Å². The van der Waals surface area contributed by atoms with Crippen molar-refractivity contribution in [2.75, 3.05) is 57.8 Å².